The summed E-state index contributed by atoms with van der Waals surface area (Å²) in [5.74, 6) is 0.612. The van der Waals surface area contributed by atoms with E-state index in [4.69, 9.17) is 16.3 Å². The van der Waals surface area contributed by atoms with Gasteiger partial charge in [0, 0.05) is 55.8 Å². The molecule has 4 rings (SSSR count). The molecular formula is C29H35ClN4O3. The van der Waals surface area contributed by atoms with Gasteiger partial charge >= 0.3 is 0 Å². The Morgan fingerprint density at radius 1 is 1.14 bits per heavy atom. The van der Waals surface area contributed by atoms with Crippen molar-refractivity contribution in [3.05, 3.63) is 83.1 Å². The minimum atomic E-state index is -0.527. The second-order valence-electron chi connectivity index (χ2n) is 10.2. The smallest absolute Gasteiger partial charge is 0.272 e. The van der Waals surface area contributed by atoms with E-state index >= 15 is 0 Å². The summed E-state index contributed by atoms with van der Waals surface area (Å²) in [5.41, 5.74) is 1.11. The highest BCUT2D eigenvalue weighted by Crippen LogP contribution is 2.36. The van der Waals surface area contributed by atoms with Crippen molar-refractivity contribution in [2.75, 3.05) is 26.7 Å². The fourth-order valence-corrected chi connectivity index (χ4v) is 5.13. The first-order valence-corrected chi connectivity index (χ1v) is 13.1. The van der Waals surface area contributed by atoms with E-state index in [2.05, 4.69) is 5.10 Å². The Balaban J connectivity index is 1.54. The third-order valence-corrected chi connectivity index (χ3v) is 7.12. The van der Waals surface area contributed by atoms with Gasteiger partial charge in [0.1, 0.15) is 11.4 Å². The third kappa shape index (κ3) is 6.72. The van der Waals surface area contributed by atoms with Gasteiger partial charge in [-0.25, -0.2) is 0 Å². The normalized spacial score (nSPS) is 17.6. The lowest BCUT2D eigenvalue weighted by atomic mass is 9.77. The standard InChI is InChI=1S/C29H35ClN4O3/c1-22(2)34-26(13-15-31-34)28(36)33-16-8-14-29(20-33,21-37-25-12-7-11-24(30)17-25)18-27(35)32(3)19-23-9-5-4-6-10-23/h4-7,9-13,15,17,22H,8,14,16,18-21H2,1-3H3/t29-/m1/s1. The van der Waals surface area contributed by atoms with E-state index in [1.165, 1.54) is 0 Å². The van der Waals surface area contributed by atoms with Gasteiger partial charge in [-0.1, -0.05) is 48.0 Å². The number of nitrogens with zero attached hydrogens (tertiary/aromatic N) is 4. The van der Waals surface area contributed by atoms with Crippen molar-refractivity contribution in [3.8, 4) is 5.75 Å². The predicted octanol–water partition coefficient (Wildman–Crippen LogP) is 5.47. The van der Waals surface area contributed by atoms with Gasteiger partial charge in [0.2, 0.25) is 5.91 Å². The van der Waals surface area contributed by atoms with Crippen molar-refractivity contribution < 1.29 is 14.3 Å². The summed E-state index contributed by atoms with van der Waals surface area (Å²) in [6.07, 6.45) is 3.51. The number of carbonyl (C=O) groups excluding carboxylic acids is 2. The van der Waals surface area contributed by atoms with Crippen LogP contribution in [0, 0.1) is 5.41 Å². The van der Waals surface area contributed by atoms with Crippen LogP contribution in [0.1, 0.15) is 55.2 Å². The Morgan fingerprint density at radius 3 is 2.65 bits per heavy atom. The number of hydrogen-bond donors (Lipinski definition) is 0. The van der Waals surface area contributed by atoms with Gasteiger partial charge in [-0.2, -0.15) is 5.10 Å². The lowest BCUT2D eigenvalue weighted by Gasteiger charge is -2.43. The highest BCUT2D eigenvalue weighted by atomic mass is 35.5. The zero-order valence-electron chi connectivity index (χ0n) is 21.8. The Kier molecular flexibility index (Phi) is 8.54. The van der Waals surface area contributed by atoms with Gasteiger partial charge in [-0.3, -0.25) is 14.3 Å². The molecule has 0 unspecified atom stereocenters. The van der Waals surface area contributed by atoms with Crippen LogP contribution in [-0.2, 0) is 11.3 Å². The number of aromatic nitrogens is 2. The molecule has 0 saturated carbocycles. The van der Waals surface area contributed by atoms with Crippen molar-refractivity contribution in [2.45, 2.75) is 45.7 Å². The minimum absolute atomic E-state index is 0.0278. The molecule has 2 aromatic carbocycles. The van der Waals surface area contributed by atoms with Crippen LogP contribution < -0.4 is 4.74 Å². The average molecular weight is 523 g/mol. The van der Waals surface area contributed by atoms with Crippen LogP contribution in [0.4, 0.5) is 0 Å². The number of benzene rings is 2. The van der Waals surface area contributed by atoms with E-state index in [0.29, 0.717) is 42.7 Å². The van der Waals surface area contributed by atoms with E-state index in [0.717, 1.165) is 18.4 Å². The SMILES string of the molecule is CC(C)n1nccc1C(=O)N1CCC[C@@](COc2cccc(Cl)c2)(CC(=O)N(C)Cc2ccccc2)C1. The molecule has 0 N–H and O–H groups in total. The van der Waals surface area contributed by atoms with E-state index in [-0.39, 0.29) is 24.3 Å². The minimum Gasteiger partial charge on any atom is -0.493 e. The van der Waals surface area contributed by atoms with Crippen LogP contribution in [0.25, 0.3) is 0 Å². The molecule has 37 heavy (non-hydrogen) atoms. The Morgan fingerprint density at radius 2 is 1.92 bits per heavy atom. The summed E-state index contributed by atoms with van der Waals surface area (Å²) in [5, 5.41) is 4.93. The first kappa shape index (κ1) is 26.7. The molecule has 2 amide bonds. The van der Waals surface area contributed by atoms with Gasteiger partial charge in [-0.15, -0.1) is 0 Å². The molecular weight excluding hydrogens is 488 g/mol. The highest BCUT2D eigenvalue weighted by molar-refractivity contribution is 6.30. The third-order valence-electron chi connectivity index (χ3n) is 6.88. The number of carbonyl (C=O) groups is 2. The highest BCUT2D eigenvalue weighted by Gasteiger charge is 2.41. The first-order valence-electron chi connectivity index (χ1n) is 12.8. The number of amides is 2. The molecule has 3 aromatic rings. The number of halogens is 1. The maximum Gasteiger partial charge on any atom is 0.272 e. The fourth-order valence-electron chi connectivity index (χ4n) is 4.95. The number of piperidine rings is 1. The van der Waals surface area contributed by atoms with E-state index in [9.17, 15) is 9.59 Å². The molecule has 0 aliphatic carbocycles. The lowest BCUT2D eigenvalue weighted by molar-refractivity contribution is -0.134. The molecule has 1 aliphatic rings. The molecule has 196 valence electrons. The summed E-state index contributed by atoms with van der Waals surface area (Å²) >= 11 is 6.16. The lowest BCUT2D eigenvalue weighted by Crippen LogP contribution is -2.51. The average Bonchev–Trinajstić information content (AvgIpc) is 3.38. The van der Waals surface area contributed by atoms with Gasteiger partial charge in [0.05, 0.1) is 6.61 Å². The molecule has 1 aromatic heterocycles. The van der Waals surface area contributed by atoms with Crippen molar-refractivity contribution in [1.82, 2.24) is 19.6 Å². The number of likely N-dealkylation sites (tertiary alicyclic amines) is 1. The molecule has 1 saturated heterocycles. The molecule has 1 aliphatic heterocycles. The van der Waals surface area contributed by atoms with Gasteiger partial charge in [-0.05, 0) is 56.5 Å². The number of ether oxygens (including phenoxy) is 1. The van der Waals surface area contributed by atoms with Crippen LogP contribution in [-0.4, -0.2) is 58.1 Å². The van der Waals surface area contributed by atoms with Crippen molar-refractivity contribution in [2.24, 2.45) is 5.41 Å². The van der Waals surface area contributed by atoms with Crippen LogP contribution in [0.2, 0.25) is 5.02 Å². The molecule has 0 spiro atoms. The Bertz CT molecular complexity index is 1210. The predicted molar refractivity (Wildman–Crippen MR) is 145 cm³/mol. The summed E-state index contributed by atoms with van der Waals surface area (Å²) in [7, 11) is 1.83. The zero-order valence-corrected chi connectivity index (χ0v) is 22.5. The van der Waals surface area contributed by atoms with E-state index in [1.54, 1.807) is 34.0 Å². The molecule has 0 radical (unpaired) electrons. The van der Waals surface area contributed by atoms with Gasteiger partial charge in [0.25, 0.3) is 5.91 Å². The summed E-state index contributed by atoms with van der Waals surface area (Å²) in [6.45, 7) is 5.91. The van der Waals surface area contributed by atoms with Crippen LogP contribution in [0.15, 0.2) is 66.9 Å². The van der Waals surface area contributed by atoms with Crippen molar-refractivity contribution in [1.29, 1.82) is 0 Å². The van der Waals surface area contributed by atoms with Crippen LogP contribution in [0.3, 0.4) is 0 Å². The molecule has 8 heteroatoms. The quantitative estimate of drug-likeness (QED) is 0.374. The van der Waals surface area contributed by atoms with Crippen molar-refractivity contribution in [3.63, 3.8) is 0 Å². The van der Waals surface area contributed by atoms with Gasteiger partial charge < -0.3 is 14.5 Å². The molecule has 0 bridgehead atoms. The zero-order chi connectivity index (χ0) is 26.4. The number of rotatable bonds is 9. The number of hydrogen-bond acceptors (Lipinski definition) is 4. The molecule has 2 heterocycles. The topological polar surface area (TPSA) is 67.7 Å². The van der Waals surface area contributed by atoms with Crippen molar-refractivity contribution >= 4 is 23.4 Å². The summed E-state index contributed by atoms with van der Waals surface area (Å²) in [4.78, 5) is 30.6. The molecule has 7 nitrogen and oxygen atoms in total. The Hall–Kier alpha value is -3.32. The largest absolute Gasteiger partial charge is 0.493 e. The second-order valence-corrected chi connectivity index (χ2v) is 10.7. The summed E-state index contributed by atoms with van der Waals surface area (Å²) < 4.78 is 7.95. The fraction of sp³-hybridized carbons (Fsp3) is 0.414. The maximum absolute atomic E-state index is 13.6. The summed E-state index contributed by atoms with van der Waals surface area (Å²) in [6, 6.07) is 19.0. The van der Waals surface area contributed by atoms with Crippen LogP contribution >= 0.6 is 11.6 Å². The maximum atomic E-state index is 13.6. The first-order chi connectivity index (χ1) is 17.8. The second kappa shape index (κ2) is 11.8. The molecule has 1 atom stereocenters. The van der Waals surface area contributed by atoms with E-state index < -0.39 is 5.41 Å². The van der Waals surface area contributed by atoms with Crippen LogP contribution in [0.5, 0.6) is 5.75 Å². The van der Waals surface area contributed by atoms with Gasteiger partial charge in [0.15, 0.2) is 0 Å². The molecule has 1 fully saturated rings. The van der Waals surface area contributed by atoms with E-state index in [1.807, 2.05) is 68.3 Å². The monoisotopic (exact) mass is 522 g/mol. The Labute approximate surface area is 224 Å².